The van der Waals surface area contributed by atoms with Gasteiger partial charge in [-0.25, -0.2) is 0 Å². The highest BCUT2D eigenvalue weighted by Gasteiger charge is 2.24. The Bertz CT molecular complexity index is 595. The quantitative estimate of drug-likeness (QED) is 0.882. The maximum atomic E-state index is 11.2. The Labute approximate surface area is 125 Å². The van der Waals surface area contributed by atoms with Crippen LogP contribution in [0.4, 0.5) is 0 Å². The highest BCUT2D eigenvalue weighted by atomic mass is 16.4. The molecule has 0 aliphatic rings. The number of carboxylic acid groups (broad SMARTS) is 1. The van der Waals surface area contributed by atoms with Crippen LogP contribution in [-0.2, 0) is 4.79 Å². The van der Waals surface area contributed by atoms with Gasteiger partial charge in [0.25, 0.3) is 0 Å². The lowest BCUT2D eigenvalue weighted by atomic mass is 9.93. The Hall–Kier alpha value is -2.13. The molecule has 0 aliphatic carbocycles. The number of rotatable bonds is 6. The normalized spacial score (nSPS) is 12.3. The molecule has 1 unspecified atom stereocenters. The Morgan fingerprint density at radius 2 is 1.71 bits per heavy atom. The molecule has 3 heteroatoms. The average Bonchev–Trinajstić information content (AvgIpc) is 2.49. The smallest absolute Gasteiger partial charge is 0.317 e. The van der Waals surface area contributed by atoms with Crippen molar-refractivity contribution in [3.63, 3.8) is 0 Å². The zero-order valence-electron chi connectivity index (χ0n) is 12.5. The zero-order chi connectivity index (χ0) is 15.2. The number of carbonyl (C=O) groups is 1. The fourth-order valence-corrected chi connectivity index (χ4v) is 2.68. The SMILES string of the molecule is CCN(CC(=O)O)C(c1ccccc1)c1ccccc1C. The molecule has 0 radical (unpaired) electrons. The molecule has 110 valence electrons. The molecule has 0 saturated carbocycles. The van der Waals surface area contributed by atoms with Crippen LogP contribution in [0.25, 0.3) is 0 Å². The van der Waals surface area contributed by atoms with Crippen molar-refractivity contribution in [1.29, 1.82) is 0 Å². The molecule has 0 aliphatic heterocycles. The summed E-state index contributed by atoms with van der Waals surface area (Å²) in [7, 11) is 0. The number of aryl methyl sites for hydroxylation is 1. The van der Waals surface area contributed by atoms with E-state index in [9.17, 15) is 9.90 Å². The van der Waals surface area contributed by atoms with E-state index in [0.717, 1.165) is 11.1 Å². The third kappa shape index (κ3) is 3.70. The molecule has 0 fully saturated rings. The summed E-state index contributed by atoms with van der Waals surface area (Å²) in [6.45, 7) is 4.78. The van der Waals surface area contributed by atoms with E-state index in [1.165, 1.54) is 5.56 Å². The van der Waals surface area contributed by atoms with Gasteiger partial charge in [0.05, 0.1) is 12.6 Å². The summed E-state index contributed by atoms with van der Waals surface area (Å²) in [6, 6.07) is 18.2. The summed E-state index contributed by atoms with van der Waals surface area (Å²) < 4.78 is 0. The number of aliphatic carboxylic acids is 1. The van der Waals surface area contributed by atoms with Crippen molar-refractivity contribution in [3.05, 3.63) is 71.3 Å². The van der Waals surface area contributed by atoms with Crippen molar-refractivity contribution < 1.29 is 9.90 Å². The van der Waals surface area contributed by atoms with Gasteiger partial charge in [0.1, 0.15) is 0 Å². The van der Waals surface area contributed by atoms with E-state index in [4.69, 9.17) is 0 Å². The Morgan fingerprint density at radius 1 is 1.10 bits per heavy atom. The Balaban J connectivity index is 2.49. The first-order valence-corrected chi connectivity index (χ1v) is 7.19. The van der Waals surface area contributed by atoms with Crippen LogP contribution >= 0.6 is 0 Å². The third-order valence-corrected chi connectivity index (χ3v) is 3.71. The molecule has 1 N–H and O–H groups in total. The van der Waals surface area contributed by atoms with E-state index in [1.54, 1.807) is 0 Å². The van der Waals surface area contributed by atoms with E-state index in [-0.39, 0.29) is 12.6 Å². The Kier molecular flexibility index (Phi) is 5.12. The predicted molar refractivity (Wildman–Crippen MR) is 84.3 cm³/mol. The monoisotopic (exact) mass is 283 g/mol. The first kappa shape index (κ1) is 15.3. The van der Waals surface area contributed by atoms with Gasteiger partial charge in [-0.2, -0.15) is 0 Å². The van der Waals surface area contributed by atoms with Crippen LogP contribution in [0.5, 0.6) is 0 Å². The standard InChI is InChI=1S/C18H21NO2/c1-3-19(13-17(20)21)18(15-10-5-4-6-11-15)16-12-8-7-9-14(16)2/h4-12,18H,3,13H2,1-2H3,(H,20,21). The molecule has 21 heavy (non-hydrogen) atoms. The van der Waals surface area contributed by atoms with Gasteiger partial charge in [0.15, 0.2) is 0 Å². The number of hydrogen-bond donors (Lipinski definition) is 1. The van der Waals surface area contributed by atoms with E-state index in [2.05, 4.69) is 31.2 Å². The lowest BCUT2D eigenvalue weighted by Gasteiger charge is -2.31. The second-order valence-corrected chi connectivity index (χ2v) is 5.13. The molecule has 0 saturated heterocycles. The summed E-state index contributed by atoms with van der Waals surface area (Å²) in [5.74, 6) is -0.800. The topological polar surface area (TPSA) is 40.5 Å². The average molecular weight is 283 g/mol. The molecule has 3 nitrogen and oxygen atoms in total. The number of benzene rings is 2. The van der Waals surface area contributed by atoms with Crippen LogP contribution in [0.15, 0.2) is 54.6 Å². The highest BCUT2D eigenvalue weighted by molar-refractivity contribution is 5.69. The van der Waals surface area contributed by atoms with Crippen molar-refractivity contribution >= 4 is 5.97 Å². The number of hydrogen-bond acceptors (Lipinski definition) is 2. The number of carboxylic acids is 1. The van der Waals surface area contributed by atoms with Gasteiger partial charge in [-0.3, -0.25) is 9.69 Å². The largest absolute Gasteiger partial charge is 0.480 e. The van der Waals surface area contributed by atoms with Crippen LogP contribution in [0.2, 0.25) is 0 Å². The minimum Gasteiger partial charge on any atom is -0.480 e. The molecule has 0 amide bonds. The molecule has 2 aromatic rings. The van der Waals surface area contributed by atoms with Crippen LogP contribution < -0.4 is 0 Å². The van der Waals surface area contributed by atoms with Gasteiger partial charge < -0.3 is 5.11 Å². The minimum atomic E-state index is -0.800. The molecule has 2 rings (SSSR count). The van der Waals surface area contributed by atoms with Crippen molar-refractivity contribution in [2.24, 2.45) is 0 Å². The van der Waals surface area contributed by atoms with Gasteiger partial charge in [0, 0.05) is 0 Å². The molecule has 0 spiro atoms. The third-order valence-electron chi connectivity index (χ3n) is 3.71. The van der Waals surface area contributed by atoms with Crippen LogP contribution in [0.3, 0.4) is 0 Å². The fourth-order valence-electron chi connectivity index (χ4n) is 2.68. The van der Waals surface area contributed by atoms with Crippen LogP contribution in [-0.4, -0.2) is 29.1 Å². The van der Waals surface area contributed by atoms with E-state index in [1.807, 2.05) is 42.2 Å². The summed E-state index contributed by atoms with van der Waals surface area (Å²) in [5, 5.41) is 9.19. The summed E-state index contributed by atoms with van der Waals surface area (Å²) >= 11 is 0. The zero-order valence-corrected chi connectivity index (χ0v) is 12.5. The maximum Gasteiger partial charge on any atom is 0.317 e. The second kappa shape index (κ2) is 7.04. The van der Waals surface area contributed by atoms with Gasteiger partial charge in [-0.1, -0.05) is 61.5 Å². The molecular formula is C18H21NO2. The predicted octanol–water partition coefficient (Wildman–Crippen LogP) is 3.49. The summed E-state index contributed by atoms with van der Waals surface area (Å²) in [6.07, 6.45) is 0. The van der Waals surface area contributed by atoms with Gasteiger partial charge in [-0.15, -0.1) is 0 Å². The van der Waals surface area contributed by atoms with Crippen molar-refractivity contribution in [1.82, 2.24) is 4.90 Å². The minimum absolute atomic E-state index is 0.0321. The van der Waals surface area contributed by atoms with Crippen LogP contribution in [0, 0.1) is 6.92 Å². The lowest BCUT2D eigenvalue weighted by Crippen LogP contribution is -2.34. The fraction of sp³-hybridized carbons (Fsp3) is 0.278. The molecule has 0 bridgehead atoms. The van der Waals surface area contributed by atoms with E-state index >= 15 is 0 Å². The van der Waals surface area contributed by atoms with Gasteiger partial charge in [-0.05, 0) is 30.2 Å². The van der Waals surface area contributed by atoms with Crippen molar-refractivity contribution in [2.45, 2.75) is 19.9 Å². The summed E-state index contributed by atoms with van der Waals surface area (Å²) in [4.78, 5) is 13.2. The lowest BCUT2D eigenvalue weighted by molar-refractivity contribution is -0.138. The van der Waals surface area contributed by atoms with E-state index < -0.39 is 5.97 Å². The van der Waals surface area contributed by atoms with Crippen LogP contribution in [0.1, 0.15) is 29.7 Å². The second-order valence-electron chi connectivity index (χ2n) is 5.13. The van der Waals surface area contributed by atoms with E-state index in [0.29, 0.717) is 6.54 Å². The maximum absolute atomic E-state index is 11.2. The molecule has 1 atom stereocenters. The first-order chi connectivity index (χ1) is 10.1. The molecule has 0 heterocycles. The molecule has 2 aromatic carbocycles. The van der Waals surface area contributed by atoms with Gasteiger partial charge in [0.2, 0.25) is 0 Å². The first-order valence-electron chi connectivity index (χ1n) is 7.19. The number of nitrogens with zero attached hydrogens (tertiary/aromatic N) is 1. The van der Waals surface area contributed by atoms with Crippen molar-refractivity contribution in [2.75, 3.05) is 13.1 Å². The van der Waals surface area contributed by atoms with Gasteiger partial charge >= 0.3 is 5.97 Å². The Morgan fingerprint density at radius 3 is 2.29 bits per heavy atom. The summed E-state index contributed by atoms with van der Waals surface area (Å²) in [5.41, 5.74) is 3.46. The number of likely N-dealkylation sites (N-methyl/N-ethyl adjacent to an activating group) is 1. The highest BCUT2D eigenvalue weighted by Crippen LogP contribution is 2.30. The molecular weight excluding hydrogens is 262 g/mol. The van der Waals surface area contributed by atoms with Crippen molar-refractivity contribution in [3.8, 4) is 0 Å². The molecule has 0 aromatic heterocycles.